The second-order valence-corrected chi connectivity index (χ2v) is 4.48. The van der Waals surface area contributed by atoms with Gasteiger partial charge in [0.1, 0.15) is 5.82 Å². The third-order valence-electron chi connectivity index (χ3n) is 2.37. The van der Waals surface area contributed by atoms with Gasteiger partial charge in [0, 0.05) is 20.2 Å². The van der Waals surface area contributed by atoms with E-state index in [1.165, 1.54) is 0 Å². The van der Waals surface area contributed by atoms with Crippen LogP contribution in [0.1, 0.15) is 5.69 Å². The van der Waals surface area contributed by atoms with Crippen molar-refractivity contribution in [2.24, 2.45) is 5.84 Å². The first kappa shape index (κ1) is 15.1. The lowest BCUT2D eigenvalue weighted by atomic mass is 10.3. The number of hydrazine groups is 1. The first-order valence-corrected chi connectivity index (χ1v) is 5.92. The van der Waals surface area contributed by atoms with E-state index in [0.29, 0.717) is 36.2 Å². The Labute approximate surface area is 112 Å². The Hall–Kier alpha value is -0.920. The first-order chi connectivity index (χ1) is 8.56. The molecule has 1 rings (SSSR count). The smallest absolute Gasteiger partial charge is 0.140 e. The highest BCUT2D eigenvalue weighted by Gasteiger charge is 2.11. The first-order valence-electron chi connectivity index (χ1n) is 5.54. The molecule has 0 aliphatic heterocycles. The Morgan fingerprint density at radius 1 is 1.61 bits per heavy atom. The largest absolute Gasteiger partial charge is 0.389 e. The molecule has 0 radical (unpaired) electrons. The van der Waals surface area contributed by atoms with Crippen LogP contribution in [0.4, 0.5) is 5.82 Å². The van der Waals surface area contributed by atoms with Crippen molar-refractivity contribution in [2.75, 3.05) is 32.7 Å². The highest BCUT2D eigenvalue weighted by Crippen LogP contribution is 2.17. The minimum atomic E-state index is -0.533. The number of likely N-dealkylation sites (N-methyl/N-ethyl adjacent to an activating group) is 1. The zero-order valence-corrected chi connectivity index (χ0v) is 11.3. The monoisotopic (exact) mass is 274 g/mol. The van der Waals surface area contributed by atoms with Crippen LogP contribution < -0.4 is 11.3 Å². The van der Waals surface area contributed by atoms with E-state index in [-0.39, 0.29) is 0 Å². The van der Waals surface area contributed by atoms with Crippen molar-refractivity contribution in [3.05, 3.63) is 22.8 Å². The predicted molar refractivity (Wildman–Crippen MR) is 71.3 cm³/mol. The van der Waals surface area contributed by atoms with E-state index >= 15 is 0 Å². The van der Waals surface area contributed by atoms with Crippen molar-refractivity contribution in [3.63, 3.8) is 0 Å². The maximum Gasteiger partial charge on any atom is 0.140 e. The Balaban J connectivity index is 2.60. The highest BCUT2D eigenvalue weighted by atomic mass is 35.5. The van der Waals surface area contributed by atoms with Gasteiger partial charge in [-0.05, 0) is 19.2 Å². The van der Waals surface area contributed by atoms with Crippen molar-refractivity contribution in [3.8, 4) is 0 Å². The summed E-state index contributed by atoms with van der Waals surface area (Å²) < 4.78 is 4.87. The quantitative estimate of drug-likeness (QED) is 0.495. The van der Waals surface area contributed by atoms with Crippen molar-refractivity contribution in [1.82, 2.24) is 9.88 Å². The summed E-state index contributed by atoms with van der Waals surface area (Å²) in [5.74, 6) is 5.85. The number of methoxy groups -OCH3 is 1. The molecule has 0 aromatic carbocycles. The van der Waals surface area contributed by atoms with Crippen LogP contribution in [0.15, 0.2) is 12.1 Å². The maximum atomic E-state index is 9.62. The Bertz CT molecular complexity index is 378. The van der Waals surface area contributed by atoms with Crippen molar-refractivity contribution in [2.45, 2.75) is 12.6 Å². The molecule has 0 bridgehead atoms. The van der Waals surface area contributed by atoms with Crippen LogP contribution in [0.25, 0.3) is 0 Å². The van der Waals surface area contributed by atoms with Crippen LogP contribution in [-0.2, 0) is 11.3 Å². The molecule has 0 aliphatic rings. The molecule has 0 aliphatic carbocycles. The van der Waals surface area contributed by atoms with E-state index in [2.05, 4.69) is 10.4 Å². The fraction of sp³-hybridized carbons (Fsp3) is 0.545. The van der Waals surface area contributed by atoms with Crippen LogP contribution in [0.2, 0.25) is 5.02 Å². The number of ether oxygens (including phenoxy) is 1. The molecular weight excluding hydrogens is 256 g/mol. The zero-order valence-electron chi connectivity index (χ0n) is 10.6. The average molecular weight is 275 g/mol. The van der Waals surface area contributed by atoms with Crippen LogP contribution in [-0.4, -0.2) is 48.4 Å². The van der Waals surface area contributed by atoms with E-state index in [1.54, 1.807) is 19.2 Å². The molecule has 0 spiro atoms. The molecule has 1 heterocycles. The zero-order chi connectivity index (χ0) is 13.5. The normalized spacial score (nSPS) is 12.8. The summed E-state index contributed by atoms with van der Waals surface area (Å²) >= 11 is 6.05. The van der Waals surface area contributed by atoms with Gasteiger partial charge in [-0.2, -0.15) is 0 Å². The number of nitrogens with two attached hydrogens (primary N) is 1. The van der Waals surface area contributed by atoms with Crippen LogP contribution in [0.5, 0.6) is 0 Å². The third kappa shape index (κ3) is 4.75. The fourth-order valence-corrected chi connectivity index (χ4v) is 1.77. The summed E-state index contributed by atoms with van der Waals surface area (Å²) in [6.45, 7) is 1.30. The molecule has 1 aromatic heterocycles. The van der Waals surface area contributed by atoms with E-state index in [9.17, 15) is 5.11 Å². The predicted octanol–water partition coefficient (Wildman–Crippen LogP) is 0.460. The number of anilines is 1. The number of nitrogen functional groups attached to an aromatic ring is 1. The minimum Gasteiger partial charge on any atom is -0.389 e. The van der Waals surface area contributed by atoms with Crippen molar-refractivity contribution in [1.29, 1.82) is 0 Å². The van der Waals surface area contributed by atoms with Gasteiger partial charge in [-0.1, -0.05) is 11.6 Å². The molecule has 102 valence electrons. The number of hydrogen-bond acceptors (Lipinski definition) is 6. The fourth-order valence-electron chi connectivity index (χ4n) is 1.60. The van der Waals surface area contributed by atoms with Gasteiger partial charge in [-0.3, -0.25) is 4.90 Å². The summed E-state index contributed by atoms with van der Waals surface area (Å²) in [4.78, 5) is 6.18. The summed E-state index contributed by atoms with van der Waals surface area (Å²) in [6.07, 6.45) is -0.533. The van der Waals surface area contributed by atoms with E-state index in [1.807, 2.05) is 11.9 Å². The SMILES string of the molecule is COCC(O)CN(C)Cc1nc(NN)ccc1Cl. The van der Waals surface area contributed by atoms with Gasteiger partial charge >= 0.3 is 0 Å². The van der Waals surface area contributed by atoms with Gasteiger partial charge in [-0.25, -0.2) is 10.8 Å². The van der Waals surface area contributed by atoms with Gasteiger partial charge in [-0.15, -0.1) is 0 Å². The van der Waals surface area contributed by atoms with Gasteiger partial charge < -0.3 is 15.3 Å². The molecule has 0 amide bonds. The van der Waals surface area contributed by atoms with Crippen LogP contribution in [0.3, 0.4) is 0 Å². The summed E-state index contributed by atoms with van der Waals surface area (Å²) in [5.41, 5.74) is 3.18. The average Bonchev–Trinajstić information content (AvgIpc) is 2.32. The van der Waals surface area contributed by atoms with E-state index in [0.717, 1.165) is 0 Å². The van der Waals surface area contributed by atoms with Crippen LogP contribution >= 0.6 is 11.6 Å². The molecule has 4 N–H and O–H groups in total. The Morgan fingerprint density at radius 3 is 2.94 bits per heavy atom. The number of nitrogens with one attached hydrogen (secondary N) is 1. The summed E-state index contributed by atoms with van der Waals surface area (Å²) in [6, 6.07) is 3.43. The second kappa shape index (κ2) is 7.50. The molecule has 0 fully saturated rings. The third-order valence-corrected chi connectivity index (χ3v) is 2.71. The Morgan fingerprint density at radius 2 is 2.33 bits per heavy atom. The van der Waals surface area contributed by atoms with Gasteiger partial charge in [0.25, 0.3) is 0 Å². The number of pyridine rings is 1. The lowest BCUT2D eigenvalue weighted by Crippen LogP contribution is -2.32. The van der Waals surface area contributed by atoms with Gasteiger partial charge in [0.15, 0.2) is 0 Å². The standard InChI is InChI=1S/C11H19ClN4O2/c1-16(5-8(17)7-18-2)6-10-9(12)3-4-11(14-10)15-13/h3-4,8,17H,5-7,13H2,1-2H3,(H,14,15). The molecule has 1 unspecified atom stereocenters. The van der Waals surface area contributed by atoms with E-state index < -0.39 is 6.10 Å². The summed E-state index contributed by atoms with van der Waals surface area (Å²) in [7, 11) is 3.43. The molecule has 6 nitrogen and oxygen atoms in total. The molecule has 1 aromatic rings. The molecule has 1 atom stereocenters. The second-order valence-electron chi connectivity index (χ2n) is 4.08. The number of aliphatic hydroxyl groups excluding tert-OH is 1. The van der Waals surface area contributed by atoms with Crippen molar-refractivity contribution < 1.29 is 9.84 Å². The van der Waals surface area contributed by atoms with E-state index in [4.69, 9.17) is 22.2 Å². The highest BCUT2D eigenvalue weighted by molar-refractivity contribution is 6.31. The minimum absolute atomic E-state index is 0.301. The maximum absolute atomic E-state index is 9.62. The molecule has 0 saturated carbocycles. The lowest BCUT2D eigenvalue weighted by Gasteiger charge is -2.20. The van der Waals surface area contributed by atoms with Gasteiger partial charge in [0.05, 0.1) is 23.4 Å². The molecule has 18 heavy (non-hydrogen) atoms. The van der Waals surface area contributed by atoms with Crippen molar-refractivity contribution >= 4 is 17.4 Å². The number of aromatic nitrogens is 1. The number of hydrogen-bond donors (Lipinski definition) is 3. The lowest BCUT2D eigenvalue weighted by molar-refractivity contribution is 0.0417. The number of aliphatic hydroxyl groups is 1. The number of nitrogens with zero attached hydrogens (tertiary/aromatic N) is 2. The molecular formula is C11H19ClN4O2. The molecule has 7 heteroatoms. The number of rotatable bonds is 7. The molecule has 0 saturated heterocycles. The topological polar surface area (TPSA) is 83.6 Å². The van der Waals surface area contributed by atoms with Gasteiger partial charge in [0.2, 0.25) is 0 Å². The summed E-state index contributed by atoms with van der Waals surface area (Å²) in [5, 5.41) is 10.2. The van der Waals surface area contributed by atoms with Crippen LogP contribution in [0, 0.1) is 0 Å². The number of halogens is 1. The Kier molecular flexibility index (Phi) is 6.31.